The van der Waals surface area contributed by atoms with E-state index < -0.39 is 0 Å². The van der Waals surface area contributed by atoms with Crippen molar-refractivity contribution in [3.05, 3.63) is 58.4 Å². The first-order valence-electron chi connectivity index (χ1n) is 9.12. The first-order chi connectivity index (χ1) is 12.3. The van der Waals surface area contributed by atoms with Crippen LogP contribution in [0.15, 0.2) is 36.4 Å². The first kappa shape index (κ1) is 18.8. The van der Waals surface area contributed by atoms with Gasteiger partial charge in [0.2, 0.25) is 0 Å². The summed E-state index contributed by atoms with van der Waals surface area (Å²) in [5.41, 5.74) is 4.36. The summed E-state index contributed by atoms with van der Waals surface area (Å²) in [7, 11) is 0. The summed E-state index contributed by atoms with van der Waals surface area (Å²) in [6.07, 6.45) is 0.921. The van der Waals surface area contributed by atoms with E-state index in [4.69, 9.17) is 21.3 Å². The Labute approximate surface area is 161 Å². The molecule has 0 radical (unpaired) electrons. The van der Waals surface area contributed by atoms with Crippen molar-refractivity contribution in [3.8, 4) is 5.75 Å². The topological polar surface area (TPSA) is 27.1 Å². The first-order valence-corrected chi connectivity index (χ1v) is 9.50. The van der Waals surface area contributed by atoms with E-state index in [1.165, 1.54) is 5.52 Å². The van der Waals surface area contributed by atoms with Crippen molar-refractivity contribution in [2.45, 2.75) is 53.0 Å². The molecule has 1 aromatic heterocycles. The average molecular weight is 371 g/mol. The minimum atomic E-state index is 0.00425. The lowest BCUT2D eigenvalue weighted by Gasteiger charge is -2.20. The lowest BCUT2D eigenvalue weighted by atomic mass is 9.95. The quantitative estimate of drug-likeness (QED) is 0.509. The lowest BCUT2D eigenvalue weighted by Crippen LogP contribution is -2.19. The highest BCUT2D eigenvalue weighted by Gasteiger charge is 2.22. The third-order valence-corrected chi connectivity index (χ3v) is 5.13. The lowest BCUT2D eigenvalue weighted by molar-refractivity contribution is 0.300. The molecular weight excluding hydrogens is 344 g/mol. The highest BCUT2D eigenvalue weighted by Crippen LogP contribution is 2.28. The number of aromatic nitrogens is 2. The number of rotatable bonds is 5. The Morgan fingerprint density at radius 2 is 1.73 bits per heavy atom. The van der Waals surface area contributed by atoms with Crippen molar-refractivity contribution in [1.29, 1.82) is 0 Å². The molecule has 0 amide bonds. The van der Waals surface area contributed by atoms with Gasteiger partial charge < -0.3 is 9.30 Å². The van der Waals surface area contributed by atoms with E-state index >= 15 is 0 Å². The summed E-state index contributed by atoms with van der Waals surface area (Å²) >= 11 is 6.23. The second kappa shape index (κ2) is 7.32. The Morgan fingerprint density at radius 3 is 2.38 bits per heavy atom. The van der Waals surface area contributed by atoms with Crippen LogP contribution in [-0.2, 0) is 12.0 Å². The maximum absolute atomic E-state index is 6.23. The Morgan fingerprint density at radius 1 is 1.08 bits per heavy atom. The van der Waals surface area contributed by atoms with Gasteiger partial charge in [0.05, 0.1) is 17.6 Å². The number of ether oxygens (including phenoxy) is 1. The van der Waals surface area contributed by atoms with Gasteiger partial charge in [0.25, 0.3) is 0 Å². The van der Waals surface area contributed by atoms with E-state index in [9.17, 15) is 0 Å². The van der Waals surface area contributed by atoms with Gasteiger partial charge in [-0.3, -0.25) is 0 Å². The molecule has 0 aliphatic heterocycles. The Hall–Kier alpha value is -2.00. The maximum Gasteiger partial charge on any atom is 0.119 e. The second-order valence-electron chi connectivity index (χ2n) is 7.90. The van der Waals surface area contributed by atoms with Gasteiger partial charge in [0.1, 0.15) is 11.6 Å². The minimum Gasteiger partial charge on any atom is -0.494 e. The van der Waals surface area contributed by atoms with Crippen LogP contribution in [0.2, 0.25) is 5.02 Å². The van der Waals surface area contributed by atoms with Gasteiger partial charge in [-0.15, -0.1) is 0 Å². The largest absolute Gasteiger partial charge is 0.494 e. The van der Waals surface area contributed by atoms with Crippen LogP contribution in [0, 0.1) is 13.8 Å². The standard InChI is InChI=1S/C22H27ClN2O/c1-15-13-17(14-16(2)20(15)23)26-12-8-11-25-19-10-7-6-9-18(19)24-21(25)22(3,4)5/h6-7,9-10,13-14H,8,11-12H2,1-5H3. The zero-order chi connectivity index (χ0) is 18.9. The molecule has 0 spiro atoms. The number of para-hydroxylation sites is 2. The fourth-order valence-electron chi connectivity index (χ4n) is 3.28. The molecule has 0 aliphatic rings. The van der Waals surface area contributed by atoms with Crippen LogP contribution in [0.5, 0.6) is 5.75 Å². The highest BCUT2D eigenvalue weighted by atomic mass is 35.5. The smallest absolute Gasteiger partial charge is 0.119 e. The Bertz CT molecular complexity index is 899. The summed E-state index contributed by atoms with van der Waals surface area (Å²) in [4.78, 5) is 4.86. The number of nitrogens with zero attached hydrogens (tertiary/aromatic N) is 2. The van der Waals surface area contributed by atoms with E-state index in [2.05, 4.69) is 43.5 Å². The van der Waals surface area contributed by atoms with Crippen molar-refractivity contribution in [1.82, 2.24) is 9.55 Å². The molecule has 3 aromatic rings. The predicted octanol–water partition coefficient (Wildman–Crippen LogP) is 6.07. The molecule has 3 rings (SSSR count). The van der Waals surface area contributed by atoms with Crippen LogP contribution in [0.3, 0.4) is 0 Å². The molecule has 2 aromatic carbocycles. The Kier molecular flexibility index (Phi) is 5.29. The van der Waals surface area contributed by atoms with E-state index in [1.54, 1.807) is 0 Å². The van der Waals surface area contributed by atoms with Gasteiger partial charge in [0, 0.05) is 17.0 Å². The maximum atomic E-state index is 6.23. The third kappa shape index (κ3) is 3.88. The minimum absolute atomic E-state index is 0.00425. The van der Waals surface area contributed by atoms with Crippen molar-refractivity contribution in [3.63, 3.8) is 0 Å². The fraction of sp³-hybridized carbons (Fsp3) is 0.409. The predicted molar refractivity (Wildman–Crippen MR) is 109 cm³/mol. The number of benzene rings is 2. The number of aryl methyl sites for hydroxylation is 3. The summed E-state index contributed by atoms with van der Waals surface area (Å²) in [5, 5.41) is 0.817. The molecule has 26 heavy (non-hydrogen) atoms. The van der Waals surface area contributed by atoms with Crippen LogP contribution in [0.4, 0.5) is 0 Å². The molecule has 0 N–H and O–H groups in total. The van der Waals surface area contributed by atoms with Crippen LogP contribution in [0.1, 0.15) is 44.1 Å². The molecule has 3 nitrogen and oxygen atoms in total. The van der Waals surface area contributed by atoms with E-state index in [0.717, 1.165) is 46.2 Å². The van der Waals surface area contributed by atoms with Crippen LogP contribution < -0.4 is 4.74 Å². The number of hydrogen-bond acceptors (Lipinski definition) is 2. The molecule has 0 saturated heterocycles. The molecule has 0 fully saturated rings. The fourth-order valence-corrected chi connectivity index (χ4v) is 3.39. The van der Waals surface area contributed by atoms with Crippen molar-refractivity contribution < 1.29 is 4.74 Å². The third-order valence-electron chi connectivity index (χ3n) is 4.53. The van der Waals surface area contributed by atoms with E-state index in [-0.39, 0.29) is 5.41 Å². The van der Waals surface area contributed by atoms with Crippen molar-refractivity contribution in [2.24, 2.45) is 0 Å². The summed E-state index contributed by atoms with van der Waals surface area (Å²) in [5.74, 6) is 2.01. The molecule has 4 heteroatoms. The van der Waals surface area contributed by atoms with E-state index in [1.807, 2.05) is 32.0 Å². The zero-order valence-corrected chi connectivity index (χ0v) is 17.0. The Balaban J connectivity index is 1.72. The number of imidazole rings is 1. The van der Waals surface area contributed by atoms with Gasteiger partial charge in [-0.25, -0.2) is 4.98 Å². The molecule has 1 heterocycles. The number of halogens is 1. The second-order valence-corrected chi connectivity index (χ2v) is 8.28. The molecule has 0 saturated carbocycles. The highest BCUT2D eigenvalue weighted by molar-refractivity contribution is 6.32. The normalized spacial score (nSPS) is 11.9. The zero-order valence-electron chi connectivity index (χ0n) is 16.3. The number of fused-ring (bicyclic) bond motifs is 1. The van der Waals surface area contributed by atoms with Crippen molar-refractivity contribution >= 4 is 22.6 Å². The molecule has 0 aliphatic carbocycles. The molecular formula is C22H27ClN2O. The summed E-state index contributed by atoms with van der Waals surface area (Å²) in [6.45, 7) is 12.2. The average Bonchev–Trinajstić information content (AvgIpc) is 2.95. The van der Waals surface area contributed by atoms with Gasteiger partial charge in [0.15, 0.2) is 0 Å². The van der Waals surface area contributed by atoms with Gasteiger partial charge in [-0.05, 0) is 55.7 Å². The van der Waals surface area contributed by atoms with Gasteiger partial charge in [-0.1, -0.05) is 44.5 Å². The molecule has 138 valence electrons. The molecule has 0 atom stereocenters. The summed E-state index contributed by atoms with van der Waals surface area (Å²) < 4.78 is 8.30. The monoisotopic (exact) mass is 370 g/mol. The van der Waals surface area contributed by atoms with E-state index in [0.29, 0.717) is 6.61 Å². The molecule has 0 bridgehead atoms. The molecule has 0 unspecified atom stereocenters. The van der Waals surface area contributed by atoms with Gasteiger partial charge in [-0.2, -0.15) is 0 Å². The number of hydrogen-bond donors (Lipinski definition) is 0. The van der Waals surface area contributed by atoms with Crippen LogP contribution in [-0.4, -0.2) is 16.2 Å². The summed E-state index contributed by atoms with van der Waals surface area (Å²) in [6, 6.07) is 12.3. The van der Waals surface area contributed by atoms with Crippen molar-refractivity contribution in [2.75, 3.05) is 6.61 Å². The van der Waals surface area contributed by atoms with Crippen LogP contribution >= 0.6 is 11.6 Å². The van der Waals surface area contributed by atoms with Gasteiger partial charge >= 0.3 is 0 Å². The van der Waals surface area contributed by atoms with Crippen LogP contribution in [0.25, 0.3) is 11.0 Å². The SMILES string of the molecule is Cc1cc(OCCCn2c(C(C)(C)C)nc3ccccc32)cc(C)c1Cl.